The molecule has 0 aromatic heterocycles. The highest BCUT2D eigenvalue weighted by atomic mass is 32.2. The average molecular weight is 520 g/mol. The lowest BCUT2D eigenvalue weighted by atomic mass is 10.1. The van der Waals surface area contributed by atoms with E-state index in [-0.39, 0.29) is 18.8 Å². The van der Waals surface area contributed by atoms with Crippen molar-refractivity contribution in [2.75, 3.05) is 0 Å². The van der Waals surface area contributed by atoms with Crippen molar-refractivity contribution < 1.29 is 31.6 Å². The molecule has 0 rings (SSSR count). The lowest BCUT2D eigenvalue weighted by Gasteiger charge is -2.16. The highest BCUT2D eigenvalue weighted by molar-refractivity contribution is 7.92. The van der Waals surface area contributed by atoms with Crippen LogP contribution in [0.4, 0.5) is 0 Å². The maximum absolute atomic E-state index is 12.6. The van der Waals surface area contributed by atoms with Crippen LogP contribution in [0.5, 0.6) is 0 Å². The van der Waals surface area contributed by atoms with Crippen molar-refractivity contribution in [2.45, 2.75) is 111 Å². The Morgan fingerprint density at radius 1 is 0.971 bits per heavy atom. The van der Waals surface area contributed by atoms with Crippen LogP contribution in [0.1, 0.15) is 99.8 Å². The van der Waals surface area contributed by atoms with Gasteiger partial charge in [-0.25, -0.2) is 0 Å². The molecule has 3 unspecified atom stereocenters. The van der Waals surface area contributed by atoms with Gasteiger partial charge in [-0.3, -0.25) is 9.35 Å². The van der Waals surface area contributed by atoms with Gasteiger partial charge in [-0.2, -0.15) is 8.42 Å². The van der Waals surface area contributed by atoms with Gasteiger partial charge in [0.15, 0.2) is 0 Å². The summed E-state index contributed by atoms with van der Waals surface area (Å²) in [5.74, 6) is -0.865. The Balaban J connectivity index is 4.75. The van der Waals surface area contributed by atoms with Crippen LogP contribution in [0, 0.1) is 5.92 Å². The Morgan fingerprint density at radius 2 is 1.50 bits per heavy atom. The molecule has 0 aromatic carbocycles. The van der Waals surface area contributed by atoms with Crippen LogP contribution in [0.15, 0.2) is 34.9 Å². The second-order valence-electron chi connectivity index (χ2n) is 9.21. The third kappa shape index (κ3) is 15.5. The van der Waals surface area contributed by atoms with Crippen LogP contribution in [0.25, 0.3) is 0 Å². The van der Waals surface area contributed by atoms with Crippen LogP contribution in [0.3, 0.4) is 0 Å². The molecule has 0 aliphatic rings. The molecule has 0 saturated carbocycles. The first-order valence-electron chi connectivity index (χ1n) is 12.0. The smallest absolute Gasteiger partial charge is 0.431 e. The summed E-state index contributed by atoms with van der Waals surface area (Å²) >= 11 is 0. The SMILES string of the molecule is CCC(=O)OC(O[P+](=O)C(CCCC=C(C)CCC=C(C)CCC=C(C)C)S(=O)(=O)O)C(C)C. The quantitative estimate of drug-likeness (QED) is 0.0530. The number of ether oxygens (including phenoxy) is 1. The third-order valence-corrected chi connectivity index (χ3v) is 8.52. The molecule has 0 bridgehead atoms. The van der Waals surface area contributed by atoms with Crippen molar-refractivity contribution in [1.82, 2.24) is 0 Å². The minimum atomic E-state index is -4.59. The summed E-state index contributed by atoms with van der Waals surface area (Å²) < 4.78 is 56.1. The maximum atomic E-state index is 12.6. The van der Waals surface area contributed by atoms with E-state index in [0.29, 0.717) is 12.8 Å². The first kappa shape index (κ1) is 32.7. The number of unbranched alkanes of at least 4 members (excludes halogenated alkanes) is 1. The Bertz CT molecular complexity index is 837. The maximum Gasteiger partial charge on any atom is 0.534 e. The summed E-state index contributed by atoms with van der Waals surface area (Å²) in [4.78, 5) is 9.99. The number of rotatable bonds is 17. The van der Waals surface area contributed by atoms with E-state index in [9.17, 15) is 22.3 Å². The van der Waals surface area contributed by atoms with Crippen LogP contribution in [0.2, 0.25) is 0 Å². The second kappa shape index (κ2) is 17.1. The first-order valence-corrected chi connectivity index (χ1v) is 14.8. The molecule has 0 aliphatic carbocycles. The number of hydrogen-bond acceptors (Lipinski definition) is 6. The van der Waals surface area contributed by atoms with Gasteiger partial charge < -0.3 is 4.74 Å². The van der Waals surface area contributed by atoms with Crippen molar-refractivity contribution in [3.63, 3.8) is 0 Å². The third-order valence-electron chi connectivity index (χ3n) is 5.14. The topological polar surface area (TPSA) is 107 Å². The van der Waals surface area contributed by atoms with Crippen LogP contribution in [-0.4, -0.2) is 30.2 Å². The molecule has 0 spiro atoms. The van der Waals surface area contributed by atoms with Gasteiger partial charge in [-0.1, -0.05) is 60.2 Å². The van der Waals surface area contributed by atoms with Gasteiger partial charge in [-0.15, -0.1) is 0 Å². The molecular formula is C25H44O7PS+. The minimum absolute atomic E-state index is 0.0201. The molecule has 7 nitrogen and oxygen atoms in total. The van der Waals surface area contributed by atoms with Crippen LogP contribution in [-0.2, 0) is 28.7 Å². The molecule has 3 atom stereocenters. The van der Waals surface area contributed by atoms with Gasteiger partial charge in [0, 0.05) is 18.8 Å². The van der Waals surface area contributed by atoms with E-state index in [4.69, 9.17) is 9.26 Å². The number of esters is 1. The van der Waals surface area contributed by atoms with E-state index in [1.807, 2.05) is 13.0 Å². The summed E-state index contributed by atoms with van der Waals surface area (Å²) in [6.45, 7) is 13.4. The molecule has 0 aromatic rings. The summed E-state index contributed by atoms with van der Waals surface area (Å²) in [6.07, 6.45) is 10.5. The predicted molar refractivity (Wildman–Crippen MR) is 138 cm³/mol. The molecule has 0 heterocycles. The van der Waals surface area contributed by atoms with E-state index in [2.05, 4.69) is 32.9 Å². The highest BCUT2D eigenvalue weighted by Crippen LogP contribution is 2.39. The van der Waals surface area contributed by atoms with E-state index in [0.717, 1.165) is 25.7 Å². The molecular weight excluding hydrogens is 475 g/mol. The second-order valence-corrected chi connectivity index (χ2v) is 12.6. The highest BCUT2D eigenvalue weighted by Gasteiger charge is 2.46. The standard InChI is InChI=1S/C25H43O7PS/c1-8-23(26)31-25(20(4)5)32-33(27)24(34(28,29)30)18-10-9-14-21(6)16-12-17-22(7)15-11-13-19(2)3/h13-14,17,20,24-25H,8-12,15-16,18H2,1-7H3/p+1. The summed E-state index contributed by atoms with van der Waals surface area (Å²) in [5.41, 5.74) is 3.90. The average Bonchev–Trinajstić information content (AvgIpc) is 2.71. The van der Waals surface area contributed by atoms with Crippen molar-refractivity contribution in [2.24, 2.45) is 5.92 Å². The van der Waals surface area contributed by atoms with Gasteiger partial charge >= 0.3 is 29.1 Å². The predicted octanol–water partition coefficient (Wildman–Crippen LogP) is 7.48. The molecule has 1 N–H and O–H groups in total. The normalized spacial score (nSPS) is 15.1. The molecule has 34 heavy (non-hydrogen) atoms. The molecule has 0 fully saturated rings. The Kier molecular flexibility index (Phi) is 16.5. The summed E-state index contributed by atoms with van der Waals surface area (Å²) in [5, 5.41) is 0. The zero-order valence-corrected chi connectivity index (χ0v) is 23.6. The van der Waals surface area contributed by atoms with Gasteiger partial charge in [-0.05, 0) is 70.8 Å². The number of carbonyl (C=O) groups excluding carboxylic acids is 1. The molecule has 0 saturated heterocycles. The molecule has 0 aliphatic heterocycles. The van der Waals surface area contributed by atoms with Gasteiger partial charge in [0.1, 0.15) is 0 Å². The van der Waals surface area contributed by atoms with Crippen molar-refractivity contribution >= 4 is 24.1 Å². The lowest BCUT2D eigenvalue weighted by Crippen LogP contribution is -2.27. The number of hydrogen-bond donors (Lipinski definition) is 1. The fourth-order valence-electron chi connectivity index (χ4n) is 3.01. The first-order chi connectivity index (χ1) is 15.8. The van der Waals surface area contributed by atoms with Crippen molar-refractivity contribution in [3.8, 4) is 0 Å². The monoisotopic (exact) mass is 519 g/mol. The Morgan fingerprint density at radius 3 is 1.97 bits per heavy atom. The fourth-order valence-corrected chi connectivity index (χ4v) is 5.51. The van der Waals surface area contributed by atoms with E-state index < -0.39 is 35.4 Å². The molecule has 196 valence electrons. The van der Waals surface area contributed by atoms with Crippen LogP contribution < -0.4 is 0 Å². The Labute approximate surface area is 207 Å². The minimum Gasteiger partial charge on any atom is -0.431 e. The summed E-state index contributed by atoms with van der Waals surface area (Å²) in [6, 6.07) is 0. The number of carbonyl (C=O) groups is 1. The van der Waals surface area contributed by atoms with E-state index >= 15 is 0 Å². The fraction of sp³-hybridized carbons (Fsp3) is 0.720. The van der Waals surface area contributed by atoms with Gasteiger partial charge in [0.2, 0.25) is 0 Å². The zero-order valence-electron chi connectivity index (χ0n) is 21.9. The molecule has 9 heteroatoms. The lowest BCUT2D eigenvalue weighted by molar-refractivity contribution is -0.168. The van der Waals surface area contributed by atoms with Crippen LogP contribution >= 0.6 is 8.03 Å². The number of allylic oxidation sites excluding steroid dienone is 6. The Hall–Kier alpha value is -1.34. The van der Waals surface area contributed by atoms with E-state index in [1.54, 1.807) is 20.8 Å². The largest absolute Gasteiger partial charge is 0.534 e. The molecule has 0 radical (unpaired) electrons. The molecule has 0 amide bonds. The zero-order chi connectivity index (χ0) is 26.3. The van der Waals surface area contributed by atoms with Gasteiger partial charge in [0.05, 0.1) is 0 Å². The van der Waals surface area contributed by atoms with Crippen molar-refractivity contribution in [1.29, 1.82) is 0 Å². The van der Waals surface area contributed by atoms with Gasteiger partial charge in [0.25, 0.3) is 6.29 Å². The van der Waals surface area contributed by atoms with E-state index in [1.165, 1.54) is 16.7 Å². The summed E-state index contributed by atoms with van der Waals surface area (Å²) in [7, 11) is -7.38. The van der Waals surface area contributed by atoms with Crippen molar-refractivity contribution in [3.05, 3.63) is 34.9 Å².